The van der Waals surface area contributed by atoms with Crippen LogP contribution in [0.4, 0.5) is 0 Å². The van der Waals surface area contributed by atoms with Crippen molar-refractivity contribution in [1.29, 1.82) is 0 Å². The van der Waals surface area contributed by atoms with Gasteiger partial charge < -0.3 is 10.0 Å². The average Bonchev–Trinajstić information content (AvgIpc) is 2.24. The second-order valence-electron chi connectivity index (χ2n) is 5.42. The van der Waals surface area contributed by atoms with E-state index < -0.39 is 5.97 Å². The van der Waals surface area contributed by atoms with Crippen LogP contribution in [0.15, 0.2) is 0 Å². The molecule has 1 saturated carbocycles. The van der Waals surface area contributed by atoms with Gasteiger partial charge in [0, 0.05) is 0 Å². The lowest BCUT2D eigenvalue weighted by Crippen LogP contribution is -2.40. The molecule has 2 rings (SSSR count). The molecule has 15 heavy (non-hydrogen) atoms. The van der Waals surface area contributed by atoms with E-state index in [0.717, 1.165) is 25.7 Å². The van der Waals surface area contributed by atoms with Gasteiger partial charge in [-0.25, -0.2) is 0 Å². The fourth-order valence-corrected chi connectivity index (χ4v) is 3.07. The molecule has 0 aromatic heterocycles. The van der Waals surface area contributed by atoms with Crippen molar-refractivity contribution >= 4 is 5.97 Å². The number of hydrogen-bond donors (Lipinski definition) is 1. The summed E-state index contributed by atoms with van der Waals surface area (Å²) >= 11 is 0. The molecule has 1 heterocycles. The van der Waals surface area contributed by atoms with Crippen molar-refractivity contribution in [2.75, 3.05) is 20.1 Å². The second-order valence-corrected chi connectivity index (χ2v) is 5.42. The van der Waals surface area contributed by atoms with E-state index in [1.54, 1.807) is 0 Å². The van der Waals surface area contributed by atoms with Gasteiger partial charge in [0.2, 0.25) is 0 Å². The van der Waals surface area contributed by atoms with Gasteiger partial charge in [-0.1, -0.05) is 0 Å². The molecule has 0 aromatic carbocycles. The smallest absolute Gasteiger partial charge is 0.306 e. The molecule has 2 aliphatic rings. The fourth-order valence-electron chi connectivity index (χ4n) is 3.07. The van der Waals surface area contributed by atoms with E-state index in [4.69, 9.17) is 5.11 Å². The minimum Gasteiger partial charge on any atom is -0.481 e. The number of hydrogen-bond acceptors (Lipinski definition) is 2. The lowest BCUT2D eigenvalue weighted by Gasteiger charge is -2.44. The summed E-state index contributed by atoms with van der Waals surface area (Å²) in [6, 6.07) is 0. The molecule has 0 radical (unpaired) electrons. The minimum absolute atomic E-state index is 0.0599. The van der Waals surface area contributed by atoms with Crippen molar-refractivity contribution in [2.45, 2.75) is 38.5 Å². The Morgan fingerprint density at radius 2 is 1.73 bits per heavy atom. The van der Waals surface area contributed by atoms with Crippen LogP contribution in [-0.2, 0) is 4.79 Å². The van der Waals surface area contributed by atoms with Crippen molar-refractivity contribution in [3.63, 3.8) is 0 Å². The first-order valence-corrected chi connectivity index (χ1v) is 6.03. The van der Waals surface area contributed by atoms with Crippen molar-refractivity contribution in [2.24, 2.45) is 11.3 Å². The number of rotatable bonds is 1. The van der Waals surface area contributed by atoms with Gasteiger partial charge in [0.15, 0.2) is 0 Å². The van der Waals surface area contributed by atoms with Crippen LogP contribution in [0.1, 0.15) is 38.5 Å². The monoisotopic (exact) mass is 211 g/mol. The van der Waals surface area contributed by atoms with Gasteiger partial charge >= 0.3 is 5.97 Å². The molecule has 0 unspecified atom stereocenters. The van der Waals surface area contributed by atoms with Crippen LogP contribution < -0.4 is 0 Å². The van der Waals surface area contributed by atoms with Crippen LogP contribution in [0.5, 0.6) is 0 Å². The lowest BCUT2D eigenvalue weighted by molar-refractivity contribution is -0.144. The number of nitrogens with zero attached hydrogens (tertiary/aromatic N) is 1. The Bertz CT molecular complexity index is 234. The zero-order valence-corrected chi connectivity index (χ0v) is 9.54. The van der Waals surface area contributed by atoms with Crippen LogP contribution in [-0.4, -0.2) is 36.1 Å². The molecule has 1 N–H and O–H groups in total. The molecule has 0 aromatic rings. The normalized spacial score (nSPS) is 28.1. The summed E-state index contributed by atoms with van der Waals surface area (Å²) in [6.45, 7) is 2.38. The zero-order valence-electron chi connectivity index (χ0n) is 9.54. The van der Waals surface area contributed by atoms with Gasteiger partial charge in [0.05, 0.1) is 5.92 Å². The maximum absolute atomic E-state index is 10.9. The molecule has 3 heteroatoms. The van der Waals surface area contributed by atoms with Gasteiger partial charge in [0.1, 0.15) is 0 Å². The summed E-state index contributed by atoms with van der Waals surface area (Å²) in [5.74, 6) is -0.645. The zero-order chi connectivity index (χ0) is 10.9. The SMILES string of the molecule is CN1CCC2(CCC(C(=O)O)CC2)CC1. The summed E-state index contributed by atoms with van der Waals surface area (Å²) in [6.07, 6.45) is 6.62. The lowest BCUT2D eigenvalue weighted by atomic mass is 9.65. The highest BCUT2D eigenvalue weighted by atomic mass is 16.4. The van der Waals surface area contributed by atoms with Crippen LogP contribution in [0.25, 0.3) is 0 Å². The summed E-state index contributed by atoms with van der Waals surface area (Å²) in [5, 5.41) is 8.96. The number of piperidine rings is 1. The molecule has 1 aliphatic heterocycles. The summed E-state index contributed by atoms with van der Waals surface area (Å²) < 4.78 is 0. The Morgan fingerprint density at radius 3 is 2.20 bits per heavy atom. The van der Waals surface area contributed by atoms with E-state index >= 15 is 0 Å². The highest BCUT2D eigenvalue weighted by Crippen LogP contribution is 2.46. The molecule has 0 bridgehead atoms. The highest BCUT2D eigenvalue weighted by Gasteiger charge is 2.38. The summed E-state index contributed by atoms with van der Waals surface area (Å²) in [7, 11) is 2.18. The Balaban J connectivity index is 1.89. The topological polar surface area (TPSA) is 40.5 Å². The van der Waals surface area contributed by atoms with Crippen molar-refractivity contribution in [3.8, 4) is 0 Å². The third kappa shape index (κ3) is 2.33. The predicted molar refractivity (Wildman–Crippen MR) is 58.8 cm³/mol. The van der Waals surface area contributed by atoms with E-state index in [1.165, 1.54) is 25.9 Å². The van der Waals surface area contributed by atoms with E-state index in [-0.39, 0.29) is 5.92 Å². The fraction of sp³-hybridized carbons (Fsp3) is 0.917. The molecule has 3 nitrogen and oxygen atoms in total. The summed E-state index contributed by atoms with van der Waals surface area (Å²) in [4.78, 5) is 13.3. The quantitative estimate of drug-likeness (QED) is 0.721. The van der Waals surface area contributed by atoms with Gasteiger partial charge in [-0.05, 0) is 64.1 Å². The maximum Gasteiger partial charge on any atom is 0.306 e. The van der Waals surface area contributed by atoms with Gasteiger partial charge in [-0.15, -0.1) is 0 Å². The largest absolute Gasteiger partial charge is 0.481 e. The molecule has 1 aliphatic carbocycles. The van der Waals surface area contributed by atoms with Crippen LogP contribution in [0.3, 0.4) is 0 Å². The first-order valence-electron chi connectivity index (χ1n) is 6.03. The summed E-state index contributed by atoms with van der Waals surface area (Å²) in [5.41, 5.74) is 0.498. The minimum atomic E-state index is -0.585. The number of carboxylic acid groups (broad SMARTS) is 1. The van der Waals surface area contributed by atoms with E-state index in [1.807, 2.05) is 0 Å². The molecule has 1 saturated heterocycles. The third-order valence-corrected chi connectivity index (χ3v) is 4.44. The maximum atomic E-state index is 10.9. The number of carbonyl (C=O) groups is 1. The number of likely N-dealkylation sites (tertiary alicyclic amines) is 1. The Hall–Kier alpha value is -0.570. The van der Waals surface area contributed by atoms with E-state index in [0.29, 0.717) is 5.41 Å². The first-order chi connectivity index (χ1) is 7.11. The standard InChI is InChI=1S/C12H21NO2/c1-13-8-6-12(7-9-13)4-2-10(3-5-12)11(14)15/h10H,2-9H2,1H3,(H,14,15). The Morgan fingerprint density at radius 1 is 1.20 bits per heavy atom. The number of aliphatic carboxylic acids is 1. The van der Waals surface area contributed by atoms with Crippen molar-refractivity contribution in [1.82, 2.24) is 4.90 Å². The molecule has 0 amide bonds. The van der Waals surface area contributed by atoms with Crippen molar-refractivity contribution < 1.29 is 9.90 Å². The molecular formula is C12H21NO2. The van der Waals surface area contributed by atoms with Crippen LogP contribution >= 0.6 is 0 Å². The van der Waals surface area contributed by atoms with Gasteiger partial charge in [0.25, 0.3) is 0 Å². The van der Waals surface area contributed by atoms with Crippen LogP contribution in [0, 0.1) is 11.3 Å². The first kappa shape index (κ1) is 10.9. The third-order valence-electron chi connectivity index (χ3n) is 4.44. The predicted octanol–water partition coefficient (Wildman–Crippen LogP) is 1.97. The molecule has 1 spiro atoms. The van der Waals surface area contributed by atoms with Gasteiger partial charge in [-0.2, -0.15) is 0 Å². The molecule has 86 valence electrons. The molecule has 2 fully saturated rings. The molecular weight excluding hydrogens is 190 g/mol. The highest BCUT2D eigenvalue weighted by molar-refractivity contribution is 5.70. The van der Waals surface area contributed by atoms with E-state index in [2.05, 4.69) is 11.9 Å². The molecule has 0 atom stereocenters. The Kier molecular flexibility index (Phi) is 3.01. The van der Waals surface area contributed by atoms with Gasteiger partial charge in [-0.3, -0.25) is 4.79 Å². The Labute approximate surface area is 91.5 Å². The van der Waals surface area contributed by atoms with Crippen LogP contribution in [0.2, 0.25) is 0 Å². The average molecular weight is 211 g/mol. The second kappa shape index (κ2) is 4.12. The number of carboxylic acids is 1. The van der Waals surface area contributed by atoms with Crippen molar-refractivity contribution in [3.05, 3.63) is 0 Å². The van der Waals surface area contributed by atoms with E-state index in [9.17, 15) is 4.79 Å².